The first-order chi connectivity index (χ1) is 14.9. The Hall–Kier alpha value is -1.62. The van der Waals surface area contributed by atoms with Gasteiger partial charge in [-0.05, 0) is 32.6 Å². The minimum Gasteiger partial charge on any atom is -0.381 e. The van der Waals surface area contributed by atoms with Gasteiger partial charge in [0.05, 0.1) is 10.3 Å². The molecule has 0 aromatic carbocycles. The monoisotopic (exact) mass is 469 g/mol. The first-order valence-electron chi connectivity index (χ1n) is 10.6. The third-order valence-electron chi connectivity index (χ3n) is 6.29. The smallest absolute Gasteiger partial charge is 0.163 e. The molecule has 1 saturated carbocycles. The number of aromatic nitrogens is 5. The van der Waals surface area contributed by atoms with E-state index < -0.39 is 21.2 Å². The molecule has 2 aromatic heterocycles. The standard InChI is InChI=1S/C20H28ClN5O4S/c1-13(18(29-2)19-22-10-15(21)11-23-19)31(27,28)12-17-24-25-20(14-4-3-5-14)26(17)16-6-8-30-9-7-16/h10-11,13-14,16,18H,3-9,12H2,1-2H3/t13-,18-/m0/s1. The fraction of sp³-hybridized carbons (Fsp3) is 0.700. The Morgan fingerprint density at radius 1 is 1.19 bits per heavy atom. The lowest BCUT2D eigenvalue weighted by Crippen LogP contribution is -2.31. The van der Waals surface area contributed by atoms with Crippen molar-refractivity contribution in [2.75, 3.05) is 20.3 Å². The van der Waals surface area contributed by atoms with Gasteiger partial charge in [-0.1, -0.05) is 18.0 Å². The number of halogens is 1. The molecule has 0 amide bonds. The van der Waals surface area contributed by atoms with E-state index in [9.17, 15) is 8.42 Å². The highest BCUT2D eigenvalue weighted by molar-refractivity contribution is 7.91. The van der Waals surface area contributed by atoms with Crippen molar-refractivity contribution in [2.24, 2.45) is 0 Å². The predicted octanol–water partition coefficient (Wildman–Crippen LogP) is 3.03. The zero-order valence-corrected chi connectivity index (χ0v) is 19.3. The fourth-order valence-corrected chi connectivity index (χ4v) is 5.72. The van der Waals surface area contributed by atoms with Crippen molar-refractivity contribution in [3.63, 3.8) is 0 Å². The summed E-state index contributed by atoms with van der Waals surface area (Å²) in [6, 6.07) is 0.165. The third kappa shape index (κ3) is 4.76. The molecule has 31 heavy (non-hydrogen) atoms. The minimum atomic E-state index is -3.64. The molecule has 3 heterocycles. The molecule has 1 aliphatic carbocycles. The lowest BCUT2D eigenvalue weighted by Gasteiger charge is -2.31. The molecule has 2 atom stereocenters. The number of methoxy groups -OCH3 is 1. The molecule has 2 fully saturated rings. The molecule has 9 nitrogen and oxygen atoms in total. The molecule has 0 N–H and O–H groups in total. The molecule has 170 valence electrons. The molecule has 1 saturated heterocycles. The summed E-state index contributed by atoms with van der Waals surface area (Å²) < 4.78 is 39.8. The van der Waals surface area contributed by atoms with Crippen molar-refractivity contribution >= 4 is 21.4 Å². The third-order valence-corrected chi connectivity index (χ3v) is 8.53. The number of sulfone groups is 1. The zero-order chi connectivity index (χ0) is 22.0. The molecular weight excluding hydrogens is 442 g/mol. The molecule has 11 heteroatoms. The van der Waals surface area contributed by atoms with E-state index in [1.54, 1.807) is 6.92 Å². The van der Waals surface area contributed by atoms with Crippen LogP contribution >= 0.6 is 11.6 Å². The maximum atomic E-state index is 13.4. The van der Waals surface area contributed by atoms with Crippen LogP contribution < -0.4 is 0 Å². The lowest BCUT2D eigenvalue weighted by molar-refractivity contribution is 0.0674. The van der Waals surface area contributed by atoms with Crippen LogP contribution in [0.2, 0.25) is 5.02 Å². The van der Waals surface area contributed by atoms with Crippen LogP contribution in [-0.2, 0) is 25.1 Å². The Balaban J connectivity index is 1.61. The molecule has 0 radical (unpaired) electrons. The molecule has 2 aromatic rings. The van der Waals surface area contributed by atoms with Gasteiger partial charge in [0.25, 0.3) is 0 Å². The number of hydrogen-bond acceptors (Lipinski definition) is 8. The predicted molar refractivity (Wildman–Crippen MR) is 115 cm³/mol. The SMILES string of the molecule is CO[C@H](c1ncc(Cl)cn1)[C@H](C)S(=O)(=O)Cc1nnc(C2CCC2)n1C1CCOCC1. The fourth-order valence-electron chi connectivity index (χ4n) is 4.20. The van der Waals surface area contributed by atoms with E-state index in [2.05, 4.69) is 24.7 Å². The molecule has 2 aliphatic rings. The number of ether oxygens (including phenoxy) is 2. The van der Waals surface area contributed by atoms with Gasteiger partial charge in [0.15, 0.2) is 15.7 Å². The summed E-state index contributed by atoms with van der Waals surface area (Å²) in [5.41, 5.74) is 0. The van der Waals surface area contributed by atoms with E-state index in [1.807, 2.05) is 0 Å². The number of hydrogen-bond donors (Lipinski definition) is 0. The van der Waals surface area contributed by atoms with E-state index in [-0.39, 0.29) is 17.6 Å². The Bertz CT molecular complexity index is 987. The molecule has 1 aliphatic heterocycles. The molecule has 4 rings (SSSR count). The quantitative estimate of drug-likeness (QED) is 0.580. The Morgan fingerprint density at radius 2 is 1.87 bits per heavy atom. The average molecular weight is 470 g/mol. The summed E-state index contributed by atoms with van der Waals surface area (Å²) in [4.78, 5) is 8.30. The maximum absolute atomic E-state index is 13.4. The van der Waals surface area contributed by atoms with Crippen LogP contribution in [0.15, 0.2) is 12.4 Å². The molecule has 0 spiro atoms. The zero-order valence-electron chi connectivity index (χ0n) is 17.8. The van der Waals surface area contributed by atoms with E-state index in [1.165, 1.54) is 25.9 Å². The summed E-state index contributed by atoms with van der Waals surface area (Å²) in [5.74, 6) is 1.84. The van der Waals surface area contributed by atoms with Gasteiger partial charge in [0, 0.05) is 44.7 Å². The van der Waals surface area contributed by atoms with Crippen molar-refractivity contribution in [3.8, 4) is 0 Å². The Labute approximate surface area is 187 Å². The van der Waals surface area contributed by atoms with Gasteiger partial charge in [-0.2, -0.15) is 0 Å². The van der Waals surface area contributed by atoms with Crippen LogP contribution in [0.4, 0.5) is 0 Å². The average Bonchev–Trinajstić information content (AvgIpc) is 3.11. The number of nitrogens with zero attached hydrogens (tertiary/aromatic N) is 5. The normalized spacial score (nSPS) is 20.4. The second kappa shape index (κ2) is 9.48. The lowest BCUT2D eigenvalue weighted by atomic mass is 9.84. The highest BCUT2D eigenvalue weighted by atomic mass is 35.5. The van der Waals surface area contributed by atoms with E-state index in [0.717, 1.165) is 31.5 Å². The maximum Gasteiger partial charge on any atom is 0.163 e. The van der Waals surface area contributed by atoms with Crippen LogP contribution in [0.1, 0.15) is 74.6 Å². The van der Waals surface area contributed by atoms with Gasteiger partial charge >= 0.3 is 0 Å². The topological polar surface area (TPSA) is 109 Å². The Kier molecular flexibility index (Phi) is 6.90. The summed E-state index contributed by atoms with van der Waals surface area (Å²) in [6.07, 6.45) is 7.04. The van der Waals surface area contributed by atoms with Gasteiger partial charge < -0.3 is 14.0 Å². The van der Waals surface area contributed by atoms with Crippen LogP contribution in [0.3, 0.4) is 0 Å². The second-order valence-corrected chi connectivity index (χ2v) is 11.0. The van der Waals surface area contributed by atoms with Crippen LogP contribution in [0.5, 0.6) is 0 Å². The highest BCUT2D eigenvalue weighted by Crippen LogP contribution is 2.38. The first kappa shape index (κ1) is 22.6. The van der Waals surface area contributed by atoms with E-state index in [0.29, 0.717) is 30.0 Å². The van der Waals surface area contributed by atoms with Gasteiger partial charge in [-0.15, -0.1) is 10.2 Å². The van der Waals surface area contributed by atoms with Crippen molar-refractivity contribution in [2.45, 2.75) is 68.1 Å². The summed E-state index contributed by atoms with van der Waals surface area (Å²) >= 11 is 5.86. The van der Waals surface area contributed by atoms with Crippen LogP contribution in [-0.4, -0.2) is 58.7 Å². The minimum absolute atomic E-state index is 0.165. The van der Waals surface area contributed by atoms with E-state index in [4.69, 9.17) is 21.1 Å². The van der Waals surface area contributed by atoms with Gasteiger partial charge in [0.2, 0.25) is 0 Å². The van der Waals surface area contributed by atoms with Gasteiger partial charge in [0.1, 0.15) is 23.5 Å². The first-order valence-corrected chi connectivity index (χ1v) is 12.7. The van der Waals surface area contributed by atoms with Crippen molar-refractivity contribution < 1.29 is 17.9 Å². The molecule has 0 bridgehead atoms. The molecule has 0 unspecified atom stereocenters. The van der Waals surface area contributed by atoms with Crippen molar-refractivity contribution in [3.05, 3.63) is 34.9 Å². The Morgan fingerprint density at radius 3 is 2.45 bits per heavy atom. The van der Waals surface area contributed by atoms with Gasteiger partial charge in [-0.25, -0.2) is 18.4 Å². The summed E-state index contributed by atoms with van der Waals surface area (Å²) in [6.45, 7) is 2.94. The second-order valence-electron chi connectivity index (χ2n) is 8.24. The van der Waals surface area contributed by atoms with E-state index >= 15 is 0 Å². The number of rotatable bonds is 8. The van der Waals surface area contributed by atoms with Gasteiger partial charge in [-0.3, -0.25) is 0 Å². The largest absolute Gasteiger partial charge is 0.381 e. The molecular formula is C20H28ClN5O4S. The summed E-state index contributed by atoms with van der Waals surface area (Å²) in [7, 11) is -2.19. The van der Waals surface area contributed by atoms with Crippen LogP contribution in [0.25, 0.3) is 0 Å². The summed E-state index contributed by atoms with van der Waals surface area (Å²) in [5, 5.41) is 8.27. The van der Waals surface area contributed by atoms with Crippen molar-refractivity contribution in [1.29, 1.82) is 0 Å². The van der Waals surface area contributed by atoms with Crippen molar-refractivity contribution in [1.82, 2.24) is 24.7 Å². The van der Waals surface area contributed by atoms with Crippen LogP contribution in [0, 0.1) is 0 Å². The highest BCUT2D eigenvalue weighted by Gasteiger charge is 2.36.